The highest BCUT2D eigenvalue weighted by atomic mass is 16.5. The quantitative estimate of drug-likeness (QED) is 0.592. The van der Waals surface area contributed by atoms with E-state index in [0.29, 0.717) is 65.0 Å². The van der Waals surface area contributed by atoms with Crippen molar-refractivity contribution >= 4 is 28.3 Å². The smallest absolute Gasteiger partial charge is 0.335 e. The van der Waals surface area contributed by atoms with Crippen molar-refractivity contribution in [3.8, 4) is 5.75 Å². The highest BCUT2D eigenvalue weighted by Gasteiger charge is 2.48. The van der Waals surface area contributed by atoms with Crippen molar-refractivity contribution in [2.75, 3.05) is 7.11 Å². The van der Waals surface area contributed by atoms with E-state index in [4.69, 9.17) is 9.47 Å². The van der Waals surface area contributed by atoms with Crippen molar-refractivity contribution in [3.63, 3.8) is 0 Å². The summed E-state index contributed by atoms with van der Waals surface area (Å²) < 4.78 is 12.2. The lowest BCUT2D eigenvalue weighted by Crippen LogP contribution is -2.37. The lowest BCUT2D eigenvalue weighted by molar-refractivity contribution is -0.120. The molecule has 6 heteroatoms. The van der Waals surface area contributed by atoms with Gasteiger partial charge in [-0.1, -0.05) is 39.8 Å². The molecule has 0 saturated carbocycles. The minimum atomic E-state index is -1.01. The number of hydrogen-bond acceptors (Lipinski definition) is 5. The molecule has 0 atom stereocenters. The van der Waals surface area contributed by atoms with E-state index in [-0.39, 0.29) is 28.0 Å². The van der Waals surface area contributed by atoms with Gasteiger partial charge in [-0.05, 0) is 39.8 Å². The molecule has 0 radical (unpaired) electrons. The van der Waals surface area contributed by atoms with Gasteiger partial charge in [0.05, 0.1) is 18.6 Å². The number of benzene rings is 2. The van der Waals surface area contributed by atoms with E-state index in [1.54, 1.807) is 31.4 Å². The van der Waals surface area contributed by atoms with Crippen molar-refractivity contribution in [1.82, 2.24) is 0 Å². The predicted octanol–water partition coefficient (Wildman–Crippen LogP) is 5.95. The SMILES string of the molecule is COc1ccc2cc(C(=O)O)ccc2c1C1C2=C(CC(C)(C)CC2=O)OC2=C1C(=O)CC(C)(C)C2. The summed E-state index contributed by atoms with van der Waals surface area (Å²) in [6, 6.07) is 8.51. The summed E-state index contributed by atoms with van der Waals surface area (Å²) in [4.78, 5) is 38.8. The van der Waals surface area contributed by atoms with Gasteiger partial charge < -0.3 is 14.6 Å². The molecule has 1 N–H and O–H groups in total. The highest BCUT2D eigenvalue weighted by Crippen LogP contribution is 2.55. The zero-order valence-corrected chi connectivity index (χ0v) is 20.8. The number of ketones is 2. The summed E-state index contributed by atoms with van der Waals surface area (Å²) in [7, 11) is 1.57. The fourth-order valence-electron chi connectivity index (χ4n) is 5.91. The van der Waals surface area contributed by atoms with Crippen LogP contribution in [0.15, 0.2) is 53.0 Å². The number of rotatable bonds is 3. The van der Waals surface area contributed by atoms with E-state index in [1.165, 1.54) is 0 Å². The molecule has 0 bridgehead atoms. The van der Waals surface area contributed by atoms with Crippen LogP contribution < -0.4 is 4.74 Å². The molecule has 2 aromatic carbocycles. The minimum absolute atomic E-state index is 0.0216. The normalized spacial score (nSPS) is 21.5. The predicted molar refractivity (Wildman–Crippen MR) is 131 cm³/mol. The highest BCUT2D eigenvalue weighted by molar-refractivity contribution is 6.08. The summed E-state index contributed by atoms with van der Waals surface area (Å²) in [5, 5.41) is 11.0. The summed E-state index contributed by atoms with van der Waals surface area (Å²) in [6.07, 6.45) is 1.94. The molecule has 35 heavy (non-hydrogen) atoms. The fourth-order valence-corrected chi connectivity index (χ4v) is 5.91. The molecule has 0 unspecified atom stereocenters. The number of carbonyl (C=O) groups is 3. The molecule has 2 aliphatic carbocycles. The van der Waals surface area contributed by atoms with Gasteiger partial charge in [-0.25, -0.2) is 4.79 Å². The van der Waals surface area contributed by atoms with Crippen LogP contribution in [0.5, 0.6) is 5.75 Å². The molecular formula is C29H30O6. The third-order valence-electron chi connectivity index (χ3n) is 7.36. The number of carboxylic acids is 1. The first-order chi connectivity index (χ1) is 16.4. The maximum atomic E-state index is 13.6. The van der Waals surface area contributed by atoms with E-state index in [1.807, 2.05) is 6.07 Å². The number of aromatic carboxylic acids is 1. The van der Waals surface area contributed by atoms with E-state index in [9.17, 15) is 19.5 Å². The Morgan fingerprint density at radius 1 is 0.914 bits per heavy atom. The molecule has 0 aromatic heterocycles. The Bertz CT molecular complexity index is 1320. The fraction of sp³-hybridized carbons (Fsp3) is 0.414. The first-order valence-corrected chi connectivity index (χ1v) is 11.9. The van der Waals surface area contributed by atoms with Crippen LogP contribution in [0.4, 0.5) is 0 Å². The van der Waals surface area contributed by atoms with Gasteiger partial charge in [0.15, 0.2) is 11.6 Å². The molecule has 2 aromatic rings. The summed E-state index contributed by atoms with van der Waals surface area (Å²) in [5.74, 6) is 0.165. The average molecular weight is 475 g/mol. The molecule has 0 saturated heterocycles. The van der Waals surface area contributed by atoms with Crippen molar-refractivity contribution in [1.29, 1.82) is 0 Å². The summed E-state index contributed by atoms with van der Waals surface area (Å²) in [5.41, 5.74) is 1.46. The van der Waals surface area contributed by atoms with Gasteiger partial charge >= 0.3 is 5.97 Å². The maximum absolute atomic E-state index is 13.6. The number of methoxy groups -OCH3 is 1. The zero-order valence-electron chi connectivity index (χ0n) is 20.8. The molecule has 6 nitrogen and oxygen atoms in total. The average Bonchev–Trinajstić information content (AvgIpc) is 2.74. The number of Topliss-reactive ketones (excluding diaryl/α,β-unsaturated/α-hetero) is 2. The molecule has 0 spiro atoms. The number of hydrogen-bond donors (Lipinski definition) is 1. The van der Waals surface area contributed by atoms with E-state index >= 15 is 0 Å². The Morgan fingerprint density at radius 2 is 1.49 bits per heavy atom. The van der Waals surface area contributed by atoms with Crippen LogP contribution in [-0.4, -0.2) is 29.8 Å². The second-order valence-electron chi connectivity index (χ2n) is 11.5. The third kappa shape index (κ3) is 3.85. The van der Waals surface area contributed by atoms with Crippen LogP contribution in [0.3, 0.4) is 0 Å². The molecule has 0 amide bonds. The number of allylic oxidation sites excluding steroid dienone is 4. The van der Waals surface area contributed by atoms with Gasteiger partial charge in [0.25, 0.3) is 0 Å². The molecular weight excluding hydrogens is 444 g/mol. The molecule has 1 heterocycles. The van der Waals surface area contributed by atoms with Gasteiger partial charge in [-0.2, -0.15) is 0 Å². The van der Waals surface area contributed by atoms with Gasteiger partial charge in [0.1, 0.15) is 17.3 Å². The van der Waals surface area contributed by atoms with Crippen LogP contribution in [0.1, 0.15) is 75.2 Å². The topological polar surface area (TPSA) is 89.9 Å². The Labute approximate surface area is 204 Å². The number of carbonyl (C=O) groups excluding carboxylic acids is 2. The number of ether oxygens (including phenoxy) is 2. The Balaban J connectivity index is 1.83. The summed E-state index contributed by atoms with van der Waals surface area (Å²) in [6.45, 7) is 8.22. The minimum Gasteiger partial charge on any atom is -0.496 e. The Hall–Kier alpha value is -3.41. The largest absolute Gasteiger partial charge is 0.496 e. The maximum Gasteiger partial charge on any atom is 0.335 e. The van der Waals surface area contributed by atoms with E-state index < -0.39 is 11.9 Å². The first kappa shape index (κ1) is 23.3. The monoisotopic (exact) mass is 474 g/mol. The number of fused-ring (bicyclic) bond motifs is 1. The van der Waals surface area contributed by atoms with Crippen molar-refractivity contribution in [3.05, 3.63) is 64.1 Å². The van der Waals surface area contributed by atoms with E-state index in [2.05, 4.69) is 27.7 Å². The lowest BCUT2D eigenvalue weighted by atomic mass is 9.65. The van der Waals surface area contributed by atoms with Crippen LogP contribution in [0.2, 0.25) is 0 Å². The first-order valence-electron chi connectivity index (χ1n) is 11.9. The van der Waals surface area contributed by atoms with Crippen LogP contribution >= 0.6 is 0 Å². The number of carboxylic acid groups (broad SMARTS) is 1. The van der Waals surface area contributed by atoms with Crippen LogP contribution in [0, 0.1) is 10.8 Å². The standard InChI is InChI=1S/C29H30O6/c1-28(2)11-18(30)24-21(13-28)35-22-14-29(3,4)12-19(31)25(22)26(24)23-17-8-6-16(27(32)33)10-15(17)7-9-20(23)34-5/h6-10,26H,11-14H2,1-5H3,(H,32,33). The molecule has 1 aliphatic heterocycles. The Kier molecular flexibility index (Phi) is 5.20. The van der Waals surface area contributed by atoms with E-state index in [0.717, 1.165) is 5.39 Å². The second-order valence-corrected chi connectivity index (χ2v) is 11.5. The summed E-state index contributed by atoms with van der Waals surface area (Å²) >= 11 is 0. The van der Waals surface area contributed by atoms with Crippen LogP contribution in [-0.2, 0) is 14.3 Å². The Morgan fingerprint density at radius 3 is 2.00 bits per heavy atom. The van der Waals surface area contributed by atoms with Crippen LogP contribution in [0.25, 0.3) is 10.8 Å². The zero-order chi connectivity index (χ0) is 25.3. The third-order valence-corrected chi connectivity index (χ3v) is 7.36. The van der Waals surface area contributed by atoms with Gasteiger partial charge in [0.2, 0.25) is 0 Å². The van der Waals surface area contributed by atoms with Crippen molar-refractivity contribution < 1.29 is 29.0 Å². The van der Waals surface area contributed by atoms with Crippen molar-refractivity contribution in [2.24, 2.45) is 10.8 Å². The van der Waals surface area contributed by atoms with Gasteiger partial charge in [-0.3, -0.25) is 9.59 Å². The lowest BCUT2D eigenvalue weighted by Gasteiger charge is -2.43. The molecule has 3 aliphatic rings. The second kappa shape index (κ2) is 7.80. The molecule has 182 valence electrons. The van der Waals surface area contributed by atoms with Gasteiger partial charge in [-0.15, -0.1) is 0 Å². The van der Waals surface area contributed by atoms with Crippen molar-refractivity contribution in [2.45, 2.75) is 59.3 Å². The van der Waals surface area contributed by atoms with Gasteiger partial charge in [0, 0.05) is 42.4 Å². The molecule has 5 rings (SSSR count). The molecule has 0 fully saturated rings.